The highest BCUT2D eigenvalue weighted by atomic mass is 35.5. The van der Waals surface area contributed by atoms with E-state index in [0.717, 1.165) is 5.56 Å². The van der Waals surface area contributed by atoms with E-state index in [2.05, 4.69) is 24.5 Å². The number of benzene rings is 1. The molecule has 2 N–H and O–H groups in total. The van der Waals surface area contributed by atoms with Crippen molar-refractivity contribution >= 4 is 18.3 Å². The number of rotatable bonds is 7. The van der Waals surface area contributed by atoms with Crippen molar-refractivity contribution in [3.8, 4) is 11.5 Å². The summed E-state index contributed by atoms with van der Waals surface area (Å²) in [5.74, 6) is 1.38. The van der Waals surface area contributed by atoms with E-state index in [1.54, 1.807) is 21.3 Å². The minimum Gasteiger partial charge on any atom is -0.493 e. The Balaban J connectivity index is 0.00000400. The normalized spacial score (nSPS) is 10.5. The van der Waals surface area contributed by atoms with Crippen LogP contribution in [0.5, 0.6) is 11.5 Å². The molecule has 5 nitrogen and oxygen atoms in total. The van der Waals surface area contributed by atoms with Crippen LogP contribution in [0.3, 0.4) is 0 Å². The summed E-state index contributed by atoms with van der Waals surface area (Å²) >= 11 is 0. The molecule has 0 aliphatic carbocycles. The van der Waals surface area contributed by atoms with Crippen molar-refractivity contribution in [3.05, 3.63) is 23.8 Å². The fourth-order valence-corrected chi connectivity index (χ4v) is 1.90. The van der Waals surface area contributed by atoms with Crippen LogP contribution in [0.4, 0.5) is 0 Å². The number of amides is 1. The van der Waals surface area contributed by atoms with Gasteiger partial charge in [0, 0.05) is 12.0 Å². The summed E-state index contributed by atoms with van der Waals surface area (Å²) in [5, 5.41) is 5.74. The molecule has 0 atom stereocenters. The molecule has 21 heavy (non-hydrogen) atoms. The maximum atomic E-state index is 11.5. The van der Waals surface area contributed by atoms with E-state index in [1.165, 1.54) is 0 Å². The highest BCUT2D eigenvalue weighted by molar-refractivity contribution is 5.85. The number of nitrogens with one attached hydrogen (secondary N) is 2. The third-order valence-electron chi connectivity index (χ3n) is 3.23. The molecule has 0 aromatic heterocycles. The summed E-state index contributed by atoms with van der Waals surface area (Å²) in [6.07, 6.45) is 0. The van der Waals surface area contributed by atoms with Crippen LogP contribution in [0.15, 0.2) is 18.2 Å². The molecule has 0 saturated carbocycles. The molecule has 0 radical (unpaired) electrons. The lowest BCUT2D eigenvalue weighted by atomic mass is 9.84. The third kappa shape index (κ3) is 5.44. The average molecular weight is 317 g/mol. The molecule has 0 fully saturated rings. The molecule has 120 valence electrons. The second-order valence-electron chi connectivity index (χ2n) is 5.26. The highest BCUT2D eigenvalue weighted by Crippen LogP contribution is 2.32. The molecular formula is C15H25ClN2O3. The Morgan fingerprint density at radius 3 is 2.33 bits per heavy atom. The maximum absolute atomic E-state index is 11.5. The summed E-state index contributed by atoms with van der Waals surface area (Å²) in [6, 6.07) is 5.82. The van der Waals surface area contributed by atoms with Gasteiger partial charge in [0.15, 0.2) is 11.5 Å². The van der Waals surface area contributed by atoms with E-state index in [4.69, 9.17) is 9.47 Å². The van der Waals surface area contributed by atoms with Gasteiger partial charge in [0.1, 0.15) is 0 Å². The quantitative estimate of drug-likeness (QED) is 0.804. The zero-order chi connectivity index (χ0) is 15.2. The van der Waals surface area contributed by atoms with Crippen LogP contribution in [-0.2, 0) is 10.2 Å². The number of likely N-dealkylation sites (N-methyl/N-ethyl adjacent to an activating group) is 1. The lowest BCUT2D eigenvalue weighted by Crippen LogP contribution is -2.40. The van der Waals surface area contributed by atoms with Crippen molar-refractivity contribution in [1.29, 1.82) is 0 Å². The van der Waals surface area contributed by atoms with E-state index in [9.17, 15) is 4.79 Å². The summed E-state index contributed by atoms with van der Waals surface area (Å²) in [6.45, 7) is 5.03. The van der Waals surface area contributed by atoms with Gasteiger partial charge in [0.25, 0.3) is 0 Å². The Kier molecular flexibility index (Phi) is 8.14. The van der Waals surface area contributed by atoms with Gasteiger partial charge in [-0.3, -0.25) is 4.79 Å². The summed E-state index contributed by atoms with van der Waals surface area (Å²) in [7, 11) is 4.98. The maximum Gasteiger partial charge on any atom is 0.233 e. The summed E-state index contributed by atoms with van der Waals surface area (Å²) in [5.41, 5.74) is 0.892. The smallest absolute Gasteiger partial charge is 0.233 e. The van der Waals surface area contributed by atoms with Gasteiger partial charge in [-0.05, 0) is 24.7 Å². The fraction of sp³-hybridized carbons (Fsp3) is 0.533. The summed E-state index contributed by atoms with van der Waals surface area (Å²) in [4.78, 5) is 11.5. The number of halogens is 1. The van der Waals surface area contributed by atoms with Gasteiger partial charge in [0.05, 0.1) is 20.8 Å². The van der Waals surface area contributed by atoms with Crippen molar-refractivity contribution in [2.24, 2.45) is 0 Å². The predicted molar refractivity (Wildman–Crippen MR) is 86.8 cm³/mol. The number of hydrogen-bond donors (Lipinski definition) is 2. The molecule has 0 unspecified atom stereocenters. The first-order chi connectivity index (χ1) is 9.44. The Bertz CT molecular complexity index is 464. The number of carbonyl (C=O) groups excluding carboxylic acids is 1. The van der Waals surface area contributed by atoms with Gasteiger partial charge in [0.2, 0.25) is 5.91 Å². The van der Waals surface area contributed by atoms with Crippen LogP contribution in [0, 0.1) is 0 Å². The first-order valence-corrected chi connectivity index (χ1v) is 6.58. The fourth-order valence-electron chi connectivity index (χ4n) is 1.90. The SMILES string of the molecule is CNCC(=O)NCC(C)(C)c1ccc(OC)c(OC)c1.Cl. The molecule has 1 aromatic rings. The first kappa shape index (κ1) is 19.5. The van der Waals surface area contributed by atoms with Gasteiger partial charge in [-0.2, -0.15) is 0 Å². The monoisotopic (exact) mass is 316 g/mol. The molecule has 6 heteroatoms. The molecule has 1 amide bonds. The van der Waals surface area contributed by atoms with Gasteiger partial charge < -0.3 is 20.1 Å². The first-order valence-electron chi connectivity index (χ1n) is 6.58. The summed E-state index contributed by atoms with van der Waals surface area (Å²) < 4.78 is 10.5. The molecular weight excluding hydrogens is 292 g/mol. The molecule has 0 spiro atoms. The van der Waals surface area contributed by atoms with Crippen LogP contribution >= 0.6 is 12.4 Å². The lowest BCUT2D eigenvalue weighted by Gasteiger charge is -2.26. The zero-order valence-electron chi connectivity index (χ0n) is 13.3. The van der Waals surface area contributed by atoms with E-state index >= 15 is 0 Å². The van der Waals surface area contributed by atoms with Crippen LogP contribution in [-0.4, -0.2) is 40.3 Å². The van der Waals surface area contributed by atoms with Crippen molar-refractivity contribution in [1.82, 2.24) is 10.6 Å². The second-order valence-corrected chi connectivity index (χ2v) is 5.26. The molecule has 1 aromatic carbocycles. The Morgan fingerprint density at radius 1 is 1.19 bits per heavy atom. The number of methoxy groups -OCH3 is 2. The topological polar surface area (TPSA) is 59.6 Å². The third-order valence-corrected chi connectivity index (χ3v) is 3.23. The average Bonchev–Trinajstić information content (AvgIpc) is 2.44. The van der Waals surface area contributed by atoms with Gasteiger partial charge in [-0.15, -0.1) is 12.4 Å². The van der Waals surface area contributed by atoms with E-state index in [0.29, 0.717) is 24.6 Å². The number of hydrogen-bond acceptors (Lipinski definition) is 4. The van der Waals surface area contributed by atoms with Crippen LogP contribution in [0.25, 0.3) is 0 Å². The van der Waals surface area contributed by atoms with E-state index in [-0.39, 0.29) is 23.7 Å². The molecule has 0 aliphatic heterocycles. The molecule has 0 bridgehead atoms. The van der Waals surface area contributed by atoms with E-state index in [1.807, 2.05) is 18.2 Å². The molecule has 1 rings (SSSR count). The highest BCUT2D eigenvalue weighted by Gasteiger charge is 2.22. The van der Waals surface area contributed by atoms with Gasteiger partial charge in [-0.1, -0.05) is 19.9 Å². The minimum atomic E-state index is -0.192. The molecule has 0 saturated heterocycles. The van der Waals surface area contributed by atoms with E-state index < -0.39 is 0 Å². The van der Waals surface area contributed by atoms with Gasteiger partial charge in [-0.25, -0.2) is 0 Å². The van der Waals surface area contributed by atoms with Crippen LogP contribution < -0.4 is 20.1 Å². The Labute approximate surface area is 132 Å². The van der Waals surface area contributed by atoms with Crippen LogP contribution in [0.2, 0.25) is 0 Å². The second kappa shape index (κ2) is 8.74. The molecule has 0 heterocycles. The van der Waals surface area contributed by atoms with Crippen molar-refractivity contribution < 1.29 is 14.3 Å². The van der Waals surface area contributed by atoms with Crippen molar-refractivity contribution in [3.63, 3.8) is 0 Å². The predicted octanol–water partition coefficient (Wildman–Crippen LogP) is 1.74. The molecule has 0 aliphatic rings. The van der Waals surface area contributed by atoms with Gasteiger partial charge >= 0.3 is 0 Å². The zero-order valence-corrected chi connectivity index (χ0v) is 14.1. The number of carbonyl (C=O) groups is 1. The Hall–Kier alpha value is -1.46. The standard InChI is InChI=1S/C15H24N2O3.ClH/c1-15(2,10-17-14(18)9-16-3)11-6-7-12(19-4)13(8-11)20-5;/h6-8,16H,9-10H2,1-5H3,(H,17,18);1H. The van der Waals surface area contributed by atoms with Crippen molar-refractivity contribution in [2.45, 2.75) is 19.3 Å². The van der Waals surface area contributed by atoms with Crippen molar-refractivity contribution in [2.75, 3.05) is 34.4 Å². The largest absolute Gasteiger partial charge is 0.493 e. The Morgan fingerprint density at radius 2 is 1.81 bits per heavy atom. The lowest BCUT2D eigenvalue weighted by molar-refractivity contribution is -0.120. The minimum absolute atomic E-state index is 0. The van der Waals surface area contributed by atoms with Crippen LogP contribution in [0.1, 0.15) is 19.4 Å². The number of ether oxygens (including phenoxy) is 2.